The minimum absolute atomic E-state index is 0.150. The summed E-state index contributed by atoms with van der Waals surface area (Å²) in [6.07, 6.45) is -1.16. The summed E-state index contributed by atoms with van der Waals surface area (Å²) in [4.78, 5) is 10.3. The first-order chi connectivity index (χ1) is 7.72. The van der Waals surface area contributed by atoms with Crippen molar-refractivity contribution >= 4 is 6.09 Å². The first-order valence-corrected chi connectivity index (χ1v) is 4.94. The molecule has 1 rings (SSSR count). The molecular weight excluding hydrogens is 210 g/mol. The third kappa shape index (κ3) is 4.77. The lowest BCUT2D eigenvalue weighted by Gasteiger charge is -2.14. The third-order valence-electron chi connectivity index (χ3n) is 1.98. The number of carboxylic acid groups (broad SMARTS) is 1. The zero-order valence-electron chi connectivity index (χ0n) is 8.80. The molecule has 0 saturated carbocycles. The van der Waals surface area contributed by atoms with Gasteiger partial charge in [0, 0.05) is 0 Å². The van der Waals surface area contributed by atoms with Crippen LogP contribution >= 0.6 is 0 Å². The van der Waals surface area contributed by atoms with Crippen LogP contribution in [0.15, 0.2) is 30.3 Å². The highest BCUT2D eigenvalue weighted by molar-refractivity contribution is 5.64. The van der Waals surface area contributed by atoms with E-state index in [1.54, 1.807) is 0 Å². The number of aliphatic hydroxyl groups is 1. The molecule has 0 unspecified atom stereocenters. The van der Waals surface area contributed by atoms with Gasteiger partial charge in [-0.25, -0.2) is 4.79 Å². The van der Waals surface area contributed by atoms with Gasteiger partial charge in [-0.05, 0) is 5.56 Å². The van der Waals surface area contributed by atoms with Gasteiger partial charge in [-0.15, -0.1) is 0 Å². The second kappa shape index (κ2) is 6.81. The van der Waals surface area contributed by atoms with Crippen LogP contribution in [0.3, 0.4) is 0 Å². The van der Waals surface area contributed by atoms with Crippen LogP contribution in [-0.2, 0) is 11.3 Å². The quantitative estimate of drug-likeness (QED) is 0.670. The van der Waals surface area contributed by atoms with Crippen LogP contribution in [0.25, 0.3) is 0 Å². The van der Waals surface area contributed by atoms with E-state index >= 15 is 0 Å². The van der Waals surface area contributed by atoms with Crippen molar-refractivity contribution < 1.29 is 19.7 Å². The second-order valence-corrected chi connectivity index (χ2v) is 3.33. The molecular formula is C11H15NO4. The second-order valence-electron chi connectivity index (χ2n) is 3.33. The number of hydrogen-bond acceptors (Lipinski definition) is 3. The molecule has 1 aromatic rings. The fourth-order valence-corrected chi connectivity index (χ4v) is 1.21. The topological polar surface area (TPSA) is 78.8 Å². The Morgan fingerprint density at radius 1 is 1.38 bits per heavy atom. The molecule has 1 atom stereocenters. The molecule has 16 heavy (non-hydrogen) atoms. The zero-order chi connectivity index (χ0) is 11.8. The summed E-state index contributed by atoms with van der Waals surface area (Å²) in [7, 11) is 0. The smallest absolute Gasteiger partial charge is 0.405 e. The maximum atomic E-state index is 10.3. The molecule has 0 fully saturated rings. The molecule has 0 heterocycles. The third-order valence-corrected chi connectivity index (χ3v) is 1.98. The molecule has 0 aliphatic heterocycles. The van der Waals surface area contributed by atoms with Crippen molar-refractivity contribution in [3.05, 3.63) is 35.9 Å². The molecule has 0 saturated heterocycles. The predicted molar refractivity (Wildman–Crippen MR) is 58.1 cm³/mol. The van der Waals surface area contributed by atoms with Crippen LogP contribution in [0.4, 0.5) is 4.79 Å². The van der Waals surface area contributed by atoms with E-state index in [0.717, 1.165) is 5.56 Å². The summed E-state index contributed by atoms with van der Waals surface area (Å²) < 4.78 is 5.29. The number of carbonyl (C=O) groups is 1. The highest BCUT2D eigenvalue weighted by atomic mass is 16.5. The largest absolute Gasteiger partial charge is 0.465 e. The average Bonchev–Trinajstić information content (AvgIpc) is 2.28. The van der Waals surface area contributed by atoms with E-state index in [0.29, 0.717) is 6.61 Å². The fraction of sp³-hybridized carbons (Fsp3) is 0.364. The number of hydrogen-bond donors (Lipinski definition) is 3. The first-order valence-electron chi connectivity index (χ1n) is 4.94. The van der Waals surface area contributed by atoms with Gasteiger partial charge in [-0.3, -0.25) is 0 Å². The van der Waals surface area contributed by atoms with E-state index in [9.17, 15) is 4.79 Å². The maximum Gasteiger partial charge on any atom is 0.405 e. The minimum Gasteiger partial charge on any atom is -0.465 e. The Balaban J connectivity index is 2.26. The van der Waals surface area contributed by atoms with Crippen molar-refractivity contribution in [2.75, 3.05) is 13.2 Å². The van der Waals surface area contributed by atoms with Crippen LogP contribution in [-0.4, -0.2) is 35.6 Å². The van der Waals surface area contributed by atoms with E-state index in [1.807, 2.05) is 30.3 Å². The number of benzene rings is 1. The SMILES string of the molecule is O=C(O)N[C@H](CO)COCc1ccccc1. The monoisotopic (exact) mass is 225 g/mol. The van der Waals surface area contributed by atoms with Gasteiger partial charge in [0.05, 0.1) is 25.9 Å². The summed E-state index contributed by atoms with van der Waals surface area (Å²) in [5, 5.41) is 19.5. The number of nitrogens with one attached hydrogen (secondary N) is 1. The number of aliphatic hydroxyl groups excluding tert-OH is 1. The zero-order valence-corrected chi connectivity index (χ0v) is 8.80. The van der Waals surface area contributed by atoms with E-state index in [1.165, 1.54) is 0 Å². The van der Waals surface area contributed by atoms with Crippen LogP contribution in [0, 0.1) is 0 Å². The summed E-state index contributed by atoms with van der Waals surface area (Å²) in [5.74, 6) is 0. The molecule has 5 nitrogen and oxygen atoms in total. The molecule has 88 valence electrons. The Labute approximate surface area is 93.7 Å². The lowest BCUT2D eigenvalue weighted by Crippen LogP contribution is -2.39. The summed E-state index contributed by atoms with van der Waals surface area (Å²) in [5.41, 5.74) is 1.01. The molecule has 0 radical (unpaired) electrons. The summed E-state index contributed by atoms with van der Waals surface area (Å²) >= 11 is 0. The molecule has 0 bridgehead atoms. The highest BCUT2D eigenvalue weighted by Gasteiger charge is 2.09. The van der Waals surface area contributed by atoms with Gasteiger partial charge in [0.2, 0.25) is 0 Å². The van der Waals surface area contributed by atoms with Crippen molar-refractivity contribution in [3.8, 4) is 0 Å². The summed E-state index contributed by atoms with van der Waals surface area (Å²) in [6.45, 7) is 0.275. The van der Waals surface area contributed by atoms with E-state index < -0.39 is 12.1 Å². The van der Waals surface area contributed by atoms with Crippen molar-refractivity contribution in [2.45, 2.75) is 12.6 Å². The standard InChI is InChI=1S/C11H15NO4/c13-6-10(12-11(14)15)8-16-7-9-4-2-1-3-5-9/h1-5,10,12-13H,6-8H2,(H,14,15)/t10-/m1/s1. The van der Waals surface area contributed by atoms with Crippen molar-refractivity contribution in [3.63, 3.8) is 0 Å². The van der Waals surface area contributed by atoms with Crippen LogP contribution in [0.5, 0.6) is 0 Å². The van der Waals surface area contributed by atoms with Crippen molar-refractivity contribution in [1.82, 2.24) is 5.32 Å². The lowest BCUT2D eigenvalue weighted by molar-refractivity contribution is 0.0769. The Morgan fingerprint density at radius 2 is 2.06 bits per heavy atom. The van der Waals surface area contributed by atoms with Gasteiger partial charge < -0.3 is 20.3 Å². The molecule has 0 aliphatic rings. The van der Waals surface area contributed by atoms with Gasteiger partial charge in [-0.2, -0.15) is 0 Å². The van der Waals surface area contributed by atoms with E-state index in [-0.39, 0.29) is 13.2 Å². The van der Waals surface area contributed by atoms with E-state index in [4.69, 9.17) is 14.9 Å². The fourth-order valence-electron chi connectivity index (χ4n) is 1.21. The average molecular weight is 225 g/mol. The molecule has 3 N–H and O–H groups in total. The van der Waals surface area contributed by atoms with Crippen LogP contribution in [0.2, 0.25) is 0 Å². The van der Waals surface area contributed by atoms with Crippen LogP contribution in [0.1, 0.15) is 5.56 Å². The minimum atomic E-state index is -1.16. The first kappa shape index (κ1) is 12.5. The van der Waals surface area contributed by atoms with Gasteiger partial charge in [-0.1, -0.05) is 30.3 Å². The lowest BCUT2D eigenvalue weighted by atomic mass is 10.2. The Kier molecular flexibility index (Phi) is 5.31. The van der Waals surface area contributed by atoms with Crippen molar-refractivity contribution in [1.29, 1.82) is 0 Å². The molecule has 1 aromatic carbocycles. The van der Waals surface area contributed by atoms with E-state index in [2.05, 4.69) is 5.32 Å². The summed E-state index contributed by atoms with van der Waals surface area (Å²) in [6, 6.07) is 8.96. The van der Waals surface area contributed by atoms with Crippen molar-refractivity contribution in [2.24, 2.45) is 0 Å². The van der Waals surface area contributed by atoms with Gasteiger partial charge >= 0.3 is 6.09 Å². The maximum absolute atomic E-state index is 10.3. The molecule has 5 heteroatoms. The Bertz CT molecular complexity index is 315. The number of rotatable bonds is 6. The molecule has 0 spiro atoms. The Hall–Kier alpha value is -1.59. The molecule has 1 amide bonds. The highest BCUT2D eigenvalue weighted by Crippen LogP contribution is 2.00. The van der Waals surface area contributed by atoms with Gasteiger partial charge in [0.15, 0.2) is 0 Å². The number of amides is 1. The Morgan fingerprint density at radius 3 is 2.62 bits per heavy atom. The van der Waals surface area contributed by atoms with Gasteiger partial charge in [0.1, 0.15) is 0 Å². The van der Waals surface area contributed by atoms with Crippen LogP contribution < -0.4 is 5.32 Å². The van der Waals surface area contributed by atoms with Gasteiger partial charge in [0.25, 0.3) is 0 Å². The number of ether oxygens (including phenoxy) is 1. The molecule has 0 aliphatic carbocycles. The molecule has 0 aromatic heterocycles. The normalized spacial score (nSPS) is 12.1. The predicted octanol–water partition coefficient (Wildman–Crippen LogP) is 0.832.